The van der Waals surface area contributed by atoms with Crippen LogP contribution in [0.2, 0.25) is 0 Å². The molecule has 0 aromatic carbocycles. The smallest absolute Gasteiger partial charge is 0.0657 e. The fraction of sp³-hybridized carbons (Fsp3) is 1.00. The molecule has 0 heterocycles. The number of rotatable bonds is 1. The maximum absolute atomic E-state index is 10.3. The minimum Gasteiger partial charge on any atom is -0.390 e. The van der Waals surface area contributed by atoms with E-state index >= 15 is 0 Å². The zero-order chi connectivity index (χ0) is 9.05. The molecule has 2 N–H and O–H groups in total. The molecule has 0 saturated heterocycles. The van der Waals surface area contributed by atoms with E-state index in [-0.39, 0.29) is 5.60 Å². The van der Waals surface area contributed by atoms with Crippen molar-refractivity contribution in [1.82, 2.24) is 5.32 Å². The van der Waals surface area contributed by atoms with E-state index in [4.69, 9.17) is 0 Å². The summed E-state index contributed by atoms with van der Waals surface area (Å²) in [6.45, 7) is 0. The first-order valence-corrected chi connectivity index (χ1v) is 5.60. The third-order valence-electron chi connectivity index (χ3n) is 4.57. The lowest BCUT2D eigenvalue weighted by atomic mass is 9.52. The Hall–Kier alpha value is -0.0800. The summed E-state index contributed by atoms with van der Waals surface area (Å²) in [6.07, 6.45) is 5.95. The fourth-order valence-corrected chi connectivity index (χ4v) is 4.45. The highest BCUT2D eigenvalue weighted by Gasteiger charge is 2.54. The van der Waals surface area contributed by atoms with Crippen LogP contribution in [0.25, 0.3) is 0 Å². The van der Waals surface area contributed by atoms with E-state index in [1.165, 1.54) is 12.8 Å². The number of aliphatic hydroxyl groups is 1. The van der Waals surface area contributed by atoms with Crippen molar-refractivity contribution in [3.05, 3.63) is 0 Å². The maximum Gasteiger partial charge on any atom is 0.0657 e. The topological polar surface area (TPSA) is 32.3 Å². The van der Waals surface area contributed by atoms with Gasteiger partial charge in [-0.1, -0.05) is 0 Å². The summed E-state index contributed by atoms with van der Waals surface area (Å²) < 4.78 is 0. The Kier molecular flexibility index (Phi) is 1.58. The second-order valence-corrected chi connectivity index (χ2v) is 5.51. The second kappa shape index (κ2) is 2.48. The molecular weight excluding hydrogens is 162 g/mol. The van der Waals surface area contributed by atoms with Crippen molar-refractivity contribution in [2.75, 3.05) is 7.05 Å². The molecule has 2 unspecified atom stereocenters. The molecule has 0 spiro atoms. The lowest BCUT2D eigenvalue weighted by molar-refractivity contribution is -0.137. The first kappa shape index (κ1) is 8.25. The van der Waals surface area contributed by atoms with Crippen LogP contribution in [0.1, 0.15) is 32.1 Å². The molecule has 4 aliphatic carbocycles. The Bertz CT molecular complexity index is 212. The fourth-order valence-electron chi connectivity index (χ4n) is 4.45. The summed E-state index contributed by atoms with van der Waals surface area (Å²) in [5.74, 6) is 2.37. The lowest BCUT2D eigenvalue weighted by Gasteiger charge is -2.58. The Labute approximate surface area is 79.7 Å². The van der Waals surface area contributed by atoms with Gasteiger partial charge < -0.3 is 10.4 Å². The molecule has 2 atom stereocenters. The highest BCUT2D eigenvalue weighted by Crippen LogP contribution is 2.55. The third kappa shape index (κ3) is 1.08. The molecular formula is C11H19NO. The zero-order valence-corrected chi connectivity index (χ0v) is 8.29. The summed E-state index contributed by atoms with van der Waals surface area (Å²) in [6, 6.07) is 0.705. The van der Waals surface area contributed by atoms with Crippen molar-refractivity contribution in [3.63, 3.8) is 0 Å². The summed E-state index contributed by atoms with van der Waals surface area (Å²) in [4.78, 5) is 0. The molecule has 2 nitrogen and oxygen atoms in total. The average molecular weight is 181 g/mol. The average Bonchev–Trinajstić information content (AvgIpc) is 2.00. The second-order valence-electron chi connectivity index (χ2n) is 5.51. The van der Waals surface area contributed by atoms with Gasteiger partial charge in [0, 0.05) is 6.04 Å². The molecule has 2 heteroatoms. The molecule has 0 radical (unpaired) electrons. The SMILES string of the molecule is CN[C@H]1C2CC3CC1C[C@@](O)(C3)C2. The predicted octanol–water partition coefficient (Wildman–Crippen LogP) is 1.15. The molecule has 4 rings (SSSR count). The van der Waals surface area contributed by atoms with E-state index in [1.807, 2.05) is 0 Å². The van der Waals surface area contributed by atoms with E-state index in [2.05, 4.69) is 12.4 Å². The molecule has 0 amide bonds. The Morgan fingerprint density at radius 1 is 1.15 bits per heavy atom. The van der Waals surface area contributed by atoms with Gasteiger partial charge in [-0.15, -0.1) is 0 Å². The molecule has 4 saturated carbocycles. The Balaban J connectivity index is 1.90. The van der Waals surface area contributed by atoms with E-state index in [0.717, 1.165) is 37.0 Å². The van der Waals surface area contributed by atoms with Gasteiger partial charge in [-0.25, -0.2) is 0 Å². The van der Waals surface area contributed by atoms with Crippen molar-refractivity contribution >= 4 is 0 Å². The van der Waals surface area contributed by atoms with E-state index < -0.39 is 0 Å². The summed E-state index contributed by atoms with van der Waals surface area (Å²) in [7, 11) is 2.08. The first-order valence-electron chi connectivity index (χ1n) is 5.60. The van der Waals surface area contributed by atoms with E-state index in [0.29, 0.717) is 6.04 Å². The normalized spacial score (nSPS) is 58.6. The van der Waals surface area contributed by atoms with Crippen molar-refractivity contribution < 1.29 is 5.11 Å². The van der Waals surface area contributed by atoms with Crippen molar-refractivity contribution in [1.29, 1.82) is 0 Å². The third-order valence-corrected chi connectivity index (χ3v) is 4.57. The van der Waals surface area contributed by atoms with Gasteiger partial charge in [0.2, 0.25) is 0 Å². The largest absolute Gasteiger partial charge is 0.390 e. The zero-order valence-electron chi connectivity index (χ0n) is 8.29. The van der Waals surface area contributed by atoms with E-state index in [1.54, 1.807) is 0 Å². The minimum atomic E-state index is -0.260. The van der Waals surface area contributed by atoms with Gasteiger partial charge in [0.15, 0.2) is 0 Å². The first-order chi connectivity index (χ1) is 6.20. The summed E-state index contributed by atoms with van der Waals surface area (Å²) in [5, 5.41) is 13.7. The van der Waals surface area contributed by atoms with E-state index in [9.17, 15) is 5.11 Å². The van der Waals surface area contributed by atoms with Gasteiger partial charge in [0.25, 0.3) is 0 Å². The summed E-state index contributed by atoms with van der Waals surface area (Å²) >= 11 is 0. The number of nitrogens with one attached hydrogen (secondary N) is 1. The summed E-state index contributed by atoms with van der Waals surface area (Å²) in [5.41, 5.74) is -0.260. The van der Waals surface area contributed by atoms with Crippen LogP contribution in [-0.4, -0.2) is 23.8 Å². The van der Waals surface area contributed by atoms with Gasteiger partial charge in [0.1, 0.15) is 0 Å². The number of hydrogen-bond acceptors (Lipinski definition) is 2. The van der Waals surface area contributed by atoms with Crippen LogP contribution in [-0.2, 0) is 0 Å². The molecule has 74 valence electrons. The maximum atomic E-state index is 10.3. The van der Waals surface area contributed by atoms with Gasteiger partial charge in [0.05, 0.1) is 5.60 Å². The van der Waals surface area contributed by atoms with Gasteiger partial charge in [-0.2, -0.15) is 0 Å². The highest BCUT2D eigenvalue weighted by atomic mass is 16.3. The number of hydrogen-bond donors (Lipinski definition) is 2. The van der Waals surface area contributed by atoms with Gasteiger partial charge >= 0.3 is 0 Å². The lowest BCUT2D eigenvalue weighted by Crippen LogP contribution is -2.60. The molecule has 0 aliphatic heterocycles. The Morgan fingerprint density at radius 3 is 2.23 bits per heavy atom. The van der Waals surface area contributed by atoms with Crippen LogP contribution >= 0.6 is 0 Å². The van der Waals surface area contributed by atoms with Crippen molar-refractivity contribution in [2.45, 2.75) is 43.7 Å². The Morgan fingerprint density at radius 2 is 1.77 bits per heavy atom. The molecule has 0 aromatic heterocycles. The molecule has 0 aromatic rings. The molecule has 4 aliphatic rings. The van der Waals surface area contributed by atoms with Crippen LogP contribution in [0.15, 0.2) is 0 Å². The monoisotopic (exact) mass is 181 g/mol. The molecule has 4 bridgehead atoms. The van der Waals surface area contributed by atoms with Gasteiger partial charge in [-0.05, 0) is 56.9 Å². The standard InChI is InChI=1S/C11H19NO/c1-12-10-8-2-7-3-9(10)6-11(13,4-7)5-8/h7-10,12-13H,2-6H2,1H3/t7?,8?,9?,10-,11+. The van der Waals surface area contributed by atoms with Gasteiger partial charge in [-0.3, -0.25) is 0 Å². The minimum absolute atomic E-state index is 0.260. The van der Waals surface area contributed by atoms with Crippen molar-refractivity contribution in [2.24, 2.45) is 17.8 Å². The van der Waals surface area contributed by atoms with Crippen LogP contribution in [0.4, 0.5) is 0 Å². The molecule has 13 heavy (non-hydrogen) atoms. The van der Waals surface area contributed by atoms with Crippen LogP contribution < -0.4 is 5.32 Å². The predicted molar refractivity (Wildman–Crippen MR) is 51.4 cm³/mol. The molecule has 4 fully saturated rings. The van der Waals surface area contributed by atoms with Crippen molar-refractivity contribution in [3.8, 4) is 0 Å². The highest BCUT2D eigenvalue weighted by molar-refractivity contribution is 5.07. The van der Waals surface area contributed by atoms with Crippen LogP contribution in [0.5, 0.6) is 0 Å². The quantitative estimate of drug-likeness (QED) is 0.636. The van der Waals surface area contributed by atoms with Crippen LogP contribution in [0, 0.1) is 17.8 Å². The van der Waals surface area contributed by atoms with Crippen LogP contribution in [0.3, 0.4) is 0 Å².